The Balaban J connectivity index is 2.45. The molecule has 0 saturated heterocycles. The van der Waals surface area contributed by atoms with E-state index in [1.165, 1.54) is 8.61 Å². The Morgan fingerprint density at radius 3 is 2.68 bits per heavy atom. The van der Waals surface area contributed by atoms with E-state index >= 15 is 0 Å². The molecule has 0 atom stereocenters. The average molecular weight is 283 g/mol. The minimum absolute atomic E-state index is 0.0617. The van der Waals surface area contributed by atoms with Crippen molar-refractivity contribution in [2.45, 2.75) is 26.4 Å². The third-order valence-corrected chi connectivity index (χ3v) is 5.52. The van der Waals surface area contributed by atoms with Gasteiger partial charge in [0.25, 0.3) is 0 Å². The molecule has 2 rings (SSSR count). The standard InChI is InChI=1S/C13H21N3O2S/c1-11(2)15(3)19(17,18)16-9-8-14-10-12-6-4-5-7-13(12)16/h4-7,11,14H,8-10H2,1-3H3. The molecule has 0 spiro atoms. The topological polar surface area (TPSA) is 52.7 Å². The van der Waals surface area contributed by atoms with Crippen LogP contribution in [-0.2, 0) is 16.8 Å². The van der Waals surface area contributed by atoms with Gasteiger partial charge in [0.05, 0.1) is 5.69 Å². The molecule has 6 heteroatoms. The molecule has 0 amide bonds. The zero-order valence-electron chi connectivity index (χ0n) is 11.6. The summed E-state index contributed by atoms with van der Waals surface area (Å²) in [4.78, 5) is 0. The van der Waals surface area contributed by atoms with Crippen LogP contribution in [0.1, 0.15) is 19.4 Å². The molecule has 0 aromatic heterocycles. The van der Waals surface area contributed by atoms with Crippen LogP contribution in [-0.4, -0.2) is 38.9 Å². The van der Waals surface area contributed by atoms with Gasteiger partial charge in [0.15, 0.2) is 0 Å². The van der Waals surface area contributed by atoms with Crippen molar-refractivity contribution in [3.8, 4) is 0 Å². The van der Waals surface area contributed by atoms with E-state index in [-0.39, 0.29) is 6.04 Å². The molecule has 1 aliphatic heterocycles. The maximum Gasteiger partial charge on any atom is 0.304 e. The SMILES string of the molecule is CC(C)N(C)S(=O)(=O)N1CCNCc2ccccc21. The summed E-state index contributed by atoms with van der Waals surface area (Å²) < 4.78 is 28.2. The van der Waals surface area contributed by atoms with Crippen LogP contribution < -0.4 is 9.62 Å². The van der Waals surface area contributed by atoms with Gasteiger partial charge in [-0.2, -0.15) is 12.7 Å². The second kappa shape index (κ2) is 5.48. The van der Waals surface area contributed by atoms with Crippen molar-refractivity contribution in [3.63, 3.8) is 0 Å². The van der Waals surface area contributed by atoms with Gasteiger partial charge in [0, 0.05) is 32.7 Å². The molecule has 19 heavy (non-hydrogen) atoms. The fourth-order valence-corrected chi connectivity index (χ4v) is 3.68. The highest BCUT2D eigenvalue weighted by atomic mass is 32.2. The van der Waals surface area contributed by atoms with Crippen LogP contribution in [0.5, 0.6) is 0 Å². The third kappa shape index (κ3) is 2.75. The monoisotopic (exact) mass is 283 g/mol. The highest BCUT2D eigenvalue weighted by molar-refractivity contribution is 7.90. The fraction of sp³-hybridized carbons (Fsp3) is 0.538. The molecule has 0 bridgehead atoms. The van der Waals surface area contributed by atoms with Gasteiger partial charge in [0.1, 0.15) is 0 Å². The number of hydrogen-bond donors (Lipinski definition) is 1. The van der Waals surface area contributed by atoms with Crippen molar-refractivity contribution in [1.82, 2.24) is 9.62 Å². The Labute approximate surface area is 115 Å². The number of anilines is 1. The van der Waals surface area contributed by atoms with Gasteiger partial charge in [-0.1, -0.05) is 18.2 Å². The maximum absolute atomic E-state index is 12.7. The lowest BCUT2D eigenvalue weighted by atomic mass is 10.2. The summed E-state index contributed by atoms with van der Waals surface area (Å²) in [5.41, 5.74) is 1.79. The molecule has 106 valence electrons. The molecule has 1 heterocycles. The van der Waals surface area contributed by atoms with Crippen molar-refractivity contribution in [1.29, 1.82) is 0 Å². The molecule has 1 aliphatic rings. The van der Waals surface area contributed by atoms with Gasteiger partial charge in [-0.25, -0.2) is 0 Å². The molecule has 0 unspecified atom stereocenters. The lowest BCUT2D eigenvalue weighted by Gasteiger charge is -2.31. The Morgan fingerprint density at radius 2 is 2.00 bits per heavy atom. The summed E-state index contributed by atoms with van der Waals surface area (Å²) in [6, 6.07) is 7.58. The van der Waals surface area contributed by atoms with Crippen LogP contribution in [0.25, 0.3) is 0 Å². The zero-order chi connectivity index (χ0) is 14.0. The van der Waals surface area contributed by atoms with Crippen molar-refractivity contribution in [2.24, 2.45) is 0 Å². The molecule has 5 nitrogen and oxygen atoms in total. The van der Waals surface area contributed by atoms with Crippen LogP contribution in [0.4, 0.5) is 5.69 Å². The molecule has 1 aromatic carbocycles. The third-order valence-electron chi connectivity index (χ3n) is 3.44. The van der Waals surface area contributed by atoms with E-state index in [4.69, 9.17) is 0 Å². The molecular formula is C13H21N3O2S. The van der Waals surface area contributed by atoms with Crippen molar-refractivity contribution in [2.75, 3.05) is 24.4 Å². The number of nitrogens with zero attached hydrogens (tertiary/aromatic N) is 2. The van der Waals surface area contributed by atoms with Crippen LogP contribution >= 0.6 is 0 Å². The summed E-state index contributed by atoms with van der Waals surface area (Å²) in [7, 11) is -1.85. The minimum Gasteiger partial charge on any atom is -0.311 e. The van der Waals surface area contributed by atoms with E-state index in [0.29, 0.717) is 19.6 Å². The Morgan fingerprint density at radius 1 is 1.32 bits per heavy atom. The molecule has 0 fully saturated rings. The quantitative estimate of drug-likeness (QED) is 0.906. The summed E-state index contributed by atoms with van der Waals surface area (Å²) in [6.45, 7) is 5.56. The number of hydrogen-bond acceptors (Lipinski definition) is 3. The lowest BCUT2D eigenvalue weighted by Crippen LogP contribution is -2.46. The highest BCUT2D eigenvalue weighted by Crippen LogP contribution is 2.26. The van der Waals surface area contributed by atoms with Gasteiger partial charge < -0.3 is 5.32 Å². The number of benzene rings is 1. The summed E-state index contributed by atoms with van der Waals surface area (Å²) in [5, 5.41) is 3.25. The van der Waals surface area contributed by atoms with E-state index in [9.17, 15) is 8.42 Å². The van der Waals surface area contributed by atoms with E-state index < -0.39 is 10.2 Å². The minimum atomic E-state index is -3.47. The molecule has 0 saturated carbocycles. The van der Waals surface area contributed by atoms with Crippen molar-refractivity contribution < 1.29 is 8.42 Å². The Bertz CT molecular complexity index is 543. The smallest absolute Gasteiger partial charge is 0.304 e. The zero-order valence-corrected chi connectivity index (χ0v) is 12.4. The lowest BCUT2D eigenvalue weighted by molar-refractivity contribution is 0.408. The molecule has 1 N–H and O–H groups in total. The first-order chi connectivity index (χ1) is 8.94. The Kier molecular flexibility index (Phi) is 4.13. The van der Waals surface area contributed by atoms with Gasteiger partial charge in [0.2, 0.25) is 0 Å². The first-order valence-electron chi connectivity index (χ1n) is 6.49. The van der Waals surface area contributed by atoms with Crippen LogP contribution in [0.15, 0.2) is 24.3 Å². The summed E-state index contributed by atoms with van der Waals surface area (Å²) >= 11 is 0. The van der Waals surface area contributed by atoms with Gasteiger partial charge >= 0.3 is 10.2 Å². The van der Waals surface area contributed by atoms with Crippen LogP contribution in [0, 0.1) is 0 Å². The normalized spacial score (nSPS) is 16.6. The predicted molar refractivity (Wildman–Crippen MR) is 77.3 cm³/mol. The van der Waals surface area contributed by atoms with E-state index in [2.05, 4.69) is 5.32 Å². The second-order valence-corrected chi connectivity index (χ2v) is 6.91. The fourth-order valence-electron chi connectivity index (χ4n) is 2.09. The first kappa shape index (κ1) is 14.3. The predicted octanol–water partition coefficient (Wildman–Crippen LogP) is 1.18. The number of rotatable bonds is 3. The van der Waals surface area contributed by atoms with Gasteiger partial charge in [-0.15, -0.1) is 0 Å². The van der Waals surface area contributed by atoms with Crippen molar-refractivity contribution >= 4 is 15.9 Å². The average Bonchev–Trinajstić information content (AvgIpc) is 2.60. The number of fused-ring (bicyclic) bond motifs is 1. The summed E-state index contributed by atoms with van der Waals surface area (Å²) in [6.07, 6.45) is 0. The molecule has 0 aliphatic carbocycles. The second-order valence-electron chi connectivity index (χ2n) is 5.00. The van der Waals surface area contributed by atoms with Crippen LogP contribution in [0.2, 0.25) is 0 Å². The highest BCUT2D eigenvalue weighted by Gasteiger charge is 2.30. The summed E-state index contributed by atoms with van der Waals surface area (Å²) in [5.74, 6) is 0. The van der Waals surface area contributed by atoms with E-state index in [0.717, 1.165) is 11.3 Å². The van der Waals surface area contributed by atoms with E-state index in [1.807, 2.05) is 38.1 Å². The van der Waals surface area contributed by atoms with E-state index in [1.54, 1.807) is 7.05 Å². The Hall–Kier alpha value is -1.11. The number of nitrogens with one attached hydrogen (secondary N) is 1. The first-order valence-corrected chi connectivity index (χ1v) is 7.88. The maximum atomic E-state index is 12.7. The van der Waals surface area contributed by atoms with Gasteiger partial charge in [-0.05, 0) is 25.5 Å². The molecule has 0 radical (unpaired) electrons. The molecular weight excluding hydrogens is 262 g/mol. The van der Waals surface area contributed by atoms with Crippen molar-refractivity contribution in [3.05, 3.63) is 29.8 Å². The molecule has 1 aromatic rings. The number of para-hydroxylation sites is 1. The van der Waals surface area contributed by atoms with Crippen LogP contribution in [0.3, 0.4) is 0 Å². The van der Waals surface area contributed by atoms with Gasteiger partial charge in [-0.3, -0.25) is 4.31 Å². The largest absolute Gasteiger partial charge is 0.311 e.